The number of ether oxygens (including phenoxy) is 1. The van der Waals surface area contributed by atoms with Crippen molar-refractivity contribution < 1.29 is 14.3 Å². The number of hydrogen-bond donors (Lipinski definition) is 3. The van der Waals surface area contributed by atoms with Gasteiger partial charge in [-0.25, -0.2) is 0 Å². The van der Waals surface area contributed by atoms with Crippen LogP contribution in [0.25, 0.3) is 0 Å². The standard InChI is InChI=1S/C17H26N4O3.2ClH/c1-18-7-6-16(22)20-15-4-2-14(3-5-15)17(23)19-8-9-21-10-12-24-13-11-21;;/h2-5,18H,6-13H2,1H3,(H,19,23)(H,20,22);2*1H. The van der Waals surface area contributed by atoms with Crippen molar-refractivity contribution in [3.8, 4) is 0 Å². The zero-order chi connectivity index (χ0) is 17.2. The second kappa shape index (κ2) is 13.8. The van der Waals surface area contributed by atoms with Crippen LogP contribution in [0.15, 0.2) is 24.3 Å². The number of hydrogen-bond acceptors (Lipinski definition) is 5. The van der Waals surface area contributed by atoms with Crippen molar-refractivity contribution in [1.82, 2.24) is 15.5 Å². The van der Waals surface area contributed by atoms with E-state index in [1.54, 1.807) is 31.3 Å². The van der Waals surface area contributed by atoms with E-state index in [0.717, 1.165) is 32.8 Å². The number of anilines is 1. The lowest BCUT2D eigenvalue weighted by molar-refractivity contribution is -0.116. The Morgan fingerprint density at radius 2 is 1.73 bits per heavy atom. The van der Waals surface area contributed by atoms with E-state index in [1.807, 2.05) is 0 Å². The van der Waals surface area contributed by atoms with Gasteiger partial charge < -0.3 is 20.7 Å². The van der Waals surface area contributed by atoms with Gasteiger partial charge in [-0.05, 0) is 31.3 Å². The fourth-order valence-electron chi connectivity index (χ4n) is 2.42. The van der Waals surface area contributed by atoms with Crippen LogP contribution in [0, 0.1) is 0 Å². The summed E-state index contributed by atoms with van der Waals surface area (Å²) in [4.78, 5) is 26.0. The lowest BCUT2D eigenvalue weighted by Gasteiger charge is -2.26. The summed E-state index contributed by atoms with van der Waals surface area (Å²) in [5, 5.41) is 8.64. The van der Waals surface area contributed by atoms with Crippen molar-refractivity contribution >= 4 is 42.3 Å². The van der Waals surface area contributed by atoms with Gasteiger partial charge in [0.2, 0.25) is 5.91 Å². The molecule has 1 aliphatic rings. The Balaban J connectivity index is 0.00000312. The summed E-state index contributed by atoms with van der Waals surface area (Å²) in [5.74, 6) is -0.150. The molecule has 1 saturated heterocycles. The molecule has 0 saturated carbocycles. The first-order chi connectivity index (χ1) is 11.7. The smallest absolute Gasteiger partial charge is 0.251 e. The van der Waals surface area contributed by atoms with E-state index in [2.05, 4.69) is 20.9 Å². The van der Waals surface area contributed by atoms with Gasteiger partial charge in [0.05, 0.1) is 13.2 Å². The molecular formula is C17H28Cl2N4O3. The Morgan fingerprint density at radius 3 is 2.35 bits per heavy atom. The number of benzene rings is 1. The molecule has 0 radical (unpaired) electrons. The highest BCUT2D eigenvalue weighted by molar-refractivity contribution is 5.95. The predicted octanol–water partition coefficient (Wildman–Crippen LogP) is 1.14. The predicted molar refractivity (Wildman–Crippen MR) is 108 cm³/mol. The van der Waals surface area contributed by atoms with E-state index in [4.69, 9.17) is 4.74 Å². The molecule has 148 valence electrons. The maximum Gasteiger partial charge on any atom is 0.251 e. The lowest BCUT2D eigenvalue weighted by Crippen LogP contribution is -2.41. The summed E-state index contributed by atoms with van der Waals surface area (Å²) in [6, 6.07) is 6.93. The zero-order valence-electron chi connectivity index (χ0n) is 15.0. The molecule has 9 heteroatoms. The Hall–Kier alpha value is -1.38. The molecule has 1 aromatic rings. The highest BCUT2D eigenvalue weighted by Gasteiger charge is 2.11. The number of nitrogens with zero attached hydrogens (tertiary/aromatic N) is 1. The summed E-state index contributed by atoms with van der Waals surface area (Å²) >= 11 is 0. The fourth-order valence-corrected chi connectivity index (χ4v) is 2.42. The number of carbonyl (C=O) groups excluding carboxylic acids is 2. The Bertz CT molecular complexity index is 537. The number of halogens is 2. The first kappa shape index (κ1) is 24.6. The van der Waals surface area contributed by atoms with Crippen LogP contribution in [0.1, 0.15) is 16.8 Å². The van der Waals surface area contributed by atoms with Crippen molar-refractivity contribution in [3.63, 3.8) is 0 Å². The molecule has 0 aromatic heterocycles. The highest BCUT2D eigenvalue weighted by atomic mass is 35.5. The summed E-state index contributed by atoms with van der Waals surface area (Å²) in [7, 11) is 1.81. The van der Waals surface area contributed by atoms with E-state index in [9.17, 15) is 9.59 Å². The average Bonchev–Trinajstić information content (AvgIpc) is 2.61. The Labute approximate surface area is 167 Å². The van der Waals surface area contributed by atoms with Crippen LogP contribution in [0.2, 0.25) is 0 Å². The molecule has 0 spiro atoms. The minimum absolute atomic E-state index is 0. The molecule has 7 nitrogen and oxygen atoms in total. The van der Waals surface area contributed by atoms with Crippen LogP contribution in [-0.4, -0.2) is 69.7 Å². The second-order valence-electron chi connectivity index (χ2n) is 5.69. The molecule has 0 bridgehead atoms. The van der Waals surface area contributed by atoms with Crippen LogP contribution in [0.5, 0.6) is 0 Å². The SMILES string of the molecule is CNCCC(=O)Nc1ccc(C(=O)NCCN2CCOCC2)cc1.Cl.Cl. The zero-order valence-corrected chi connectivity index (χ0v) is 16.6. The molecule has 0 aliphatic carbocycles. The lowest BCUT2D eigenvalue weighted by atomic mass is 10.2. The van der Waals surface area contributed by atoms with Gasteiger partial charge in [0, 0.05) is 50.4 Å². The average molecular weight is 407 g/mol. The first-order valence-corrected chi connectivity index (χ1v) is 8.32. The molecule has 1 aliphatic heterocycles. The summed E-state index contributed by atoms with van der Waals surface area (Å²) in [6.45, 7) is 5.42. The third kappa shape index (κ3) is 8.82. The number of carbonyl (C=O) groups is 2. The van der Waals surface area contributed by atoms with Gasteiger partial charge in [-0.1, -0.05) is 0 Å². The third-order valence-electron chi connectivity index (χ3n) is 3.85. The van der Waals surface area contributed by atoms with Gasteiger partial charge in [-0.15, -0.1) is 24.8 Å². The molecular weight excluding hydrogens is 379 g/mol. The van der Waals surface area contributed by atoms with Crippen molar-refractivity contribution in [2.45, 2.75) is 6.42 Å². The second-order valence-corrected chi connectivity index (χ2v) is 5.69. The Morgan fingerprint density at radius 1 is 1.08 bits per heavy atom. The summed E-state index contributed by atoms with van der Waals surface area (Å²) < 4.78 is 5.29. The van der Waals surface area contributed by atoms with Crippen molar-refractivity contribution in [2.24, 2.45) is 0 Å². The van der Waals surface area contributed by atoms with Gasteiger partial charge in [0.25, 0.3) is 5.91 Å². The van der Waals surface area contributed by atoms with Gasteiger partial charge >= 0.3 is 0 Å². The number of morpholine rings is 1. The van der Waals surface area contributed by atoms with Crippen LogP contribution in [0.4, 0.5) is 5.69 Å². The van der Waals surface area contributed by atoms with Crippen LogP contribution in [0.3, 0.4) is 0 Å². The number of amides is 2. The third-order valence-corrected chi connectivity index (χ3v) is 3.85. The summed E-state index contributed by atoms with van der Waals surface area (Å²) in [6.07, 6.45) is 0.417. The van der Waals surface area contributed by atoms with Gasteiger partial charge in [0.1, 0.15) is 0 Å². The minimum atomic E-state index is -0.101. The van der Waals surface area contributed by atoms with Crippen molar-refractivity contribution in [1.29, 1.82) is 0 Å². The van der Waals surface area contributed by atoms with Crippen LogP contribution in [-0.2, 0) is 9.53 Å². The molecule has 1 heterocycles. The molecule has 26 heavy (non-hydrogen) atoms. The van der Waals surface area contributed by atoms with E-state index in [0.29, 0.717) is 30.8 Å². The number of rotatable bonds is 8. The number of nitrogens with one attached hydrogen (secondary N) is 3. The monoisotopic (exact) mass is 406 g/mol. The highest BCUT2D eigenvalue weighted by Crippen LogP contribution is 2.10. The maximum atomic E-state index is 12.1. The first-order valence-electron chi connectivity index (χ1n) is 8.32. The molecule has 2 amide bonds. The van der Waals surface area contributed by atoms with Crippen LogP contribution >= 0.6 is 24.8 Å². The minimum Gasteiger partial charge on any atom is -0.379 e. The fraction of sp³-hybridized carbons (Fsp3) is 0.529. The summed E-state index contributed by atoms with van der Waals surface area (Å²) in [5.41, 5.74) is 1.28. The maximum absolute atomic E-state index is 12.1. The molecule has 1 aromatic carbocycles. The Kier molecular flexibility index (Phi) is 13.0. The van der Waals surface area contributed by atoms with E-state index in [1.165, 1.54) is 0 Å². The quantitative estimate of drug-likeness (QED) is 0.602. The van der Waals surface area contributed by atoms with E-state index >= 15 is 0 Å². The van der Waals surface area contributed by atoms with Crippen LogP contribution < -0.4 is 16.0 Å². The molecule has 3 N–H and O–H groups in total. The molecule has 0 unspecified atom stereocenters. The molecule has 0 atom stereocenters. The van der Waals surface area contributed by atoms with Crippen molar-refractivity contribution in [3.05, 3.63) is 29.8 Å². The molecule has 2 rings (SSSR count). The normalized spacial score (nSPS) is 13.9. The van der Waals surface area contributed by atoms with Gasteiger partial charge in [0.15, 0.2) is 0 Å². The largest absolute Gasteiger partial charge is 0.379 e. The van der Waals surface area contributed by atoms with Crippen molar-refractivity contribution in [2.75, 3.05) is 58.3 Å². The van der Waals surface area contributed by atoms with Gasteiger partial charge in [-0.3, -0.25) is 14.5 Å². The topological polar surface area (TPSA) is 82.7 Å². The van der Waals surface area contributed by atoms with E-state index < -0.39 is 0 Å². The molecule has 1 fully saturated rings. The van der Waals surface area contributed by atoms with Gasteiger partial charge in [-0.2, -0.15) is 0 Å². The van der Waals surface area contributed by atoms with E-state index in [-0.39, 0.29) is 36.6 Å².